The lowest BCUT2D eigenvalue weighted by Crippen LogP contribution is -2.53. The smallest absolute Gasteiger partial charge is 0.332 e. The number of phenols is 1. The summed E-state index contributed by atoms with van der Waals surface area (Å²) in [6, 6.07) is 7.57. The zero-order valence-electron chi connectivity index (χ0n) is 16.0. The molecule has 2 saturated heterocycles. The SMILES string of the molecule is CC(C)(C)OC(=O)COCCC12CCC(c3cccc(O)c3)(CC1)CO2. The van der Waals surface area contributed by atoms with Crippen molar-refractivity contribution in [2.45, 2.75) is 69.5 Å². The maximum Gasteiger partial charge on any atom is 0.332 e. The van der Waals surface area contributed by atoms with Crippen LogP contribution >= 0.6 is 0 Å². The van der Waals surface area contributed by atoms with E-state index in [0.717, 1.165) is 32.1 Å². The molecular weight excluding hydrogens is 332 g/mol. The molecule has 1 aliphatic carbocycles. The zero-order valence-corrected chi connectivity index (χ0v) is 16.0. The van der Waals surface area contributed by atoms with E-state index in [-0.39, 0.29) is 23.6 Å². The Kier molecular flexibility index (Phi) is 5.31. The van der Waals surface area contributed by atoms with Crippen LogP contribution in [0.5, 0.6) is 5.75 Å². The van der Waals surface area contributed by atoms with E-state index in [4.69, 9.17) is 14.2 Å². The molecule has 0 unspecified atom stereocenters. The number of rotatable bonds is 6. The standard InChI is InChI=1S/C21H30O5/c1-19(2,3)26-18(23)14-24-12-11-21-9-7-20(8-10-21,15-25-21)16-5-4-6-17(22)13-16/h4-6,13,22H,7-12,14-15H2,1-3H3. The van der Waals surface area contributed by atoms with Crippen LogP contribution in [0.15, 0.2) is 24.3 Å². The molecule has 0 radical (unpaired) electrons. The number of hydrogen-bond acceptors (Lipinski definition) is 5. The van der Waals surface area contributed by atoms with Gasteiger partial charge in [-0.05, 0) is 70.6 Å². The Balaban J connectivity index is 1.47. The maximum atomic E-state index is 11.7. The first-order chi connectivity index (χ1) is 12.2. The van der Waals surface area contributed by atoms with Crippen molar-refractivity contribution in [1.29, 1.82) is 0 Å². The average Bonchev–Trinajstić information content (AvgIpc) is 2.59. The van der Waals surface area contributed by atoms with Gasteiger partial charge in [0.15, 0.2) is 0 Å². The van der Waals surface area contributed by atoms with Crippen LogP contribution in [0.4, 0.5) is 0 Å². The highest BCUT2D eigenvalue weighted by Gasteiger charge is 2.50. The van der Waals surface area contributed by atoms with Crippen LogP contribution in [0.3, 0.4) is 0 Å². The van der Waals surface area contributed by atoms with Gasteiger partial charge >= 0.3 is 5.97 Å². The van der Waals surface area contributed by atoms with Crippen molar-refractivity contribution in [3.05, 3.63) is 29.8 Å². The van der Waals surface area contributed by atoms with E-state index < -0.39 is 5.60 Å². The topological polar surface area (TPSA) is 65.0 Å². The molecule has 1 aromatic rings. The van der Waals surface area contributed by atoms with Crippen molar-refractivity contribution in [2.75, 3.05) is 19.8 Å². The summed E-state index contributed by atoms with van der Waals surface area (Å²) in [5.41, 5.74) is 0.584. The van der Waals surface area contributed by atoms with Crippen LogP contribution in [0.1, 0.15) is 58.4 Å². The number of esters is 1. The van der Waals surface area contributed by atoms with Gasteiger partial charge in [-0.15, -0.1) is 0 Å². The number of hydrogen-bond donors (Lipinski definition) is 1. The lowest BCUT2D eigenvalue weighted by molar-refractivity contribution is -0.172. The number of aromatic hydroxyl groups is 1. The minimum atomic E-state index is -0.482. The molecule has 1 saturated carbocycles. The maximum absolute atomic E-state index is 11.7. The number of carbonyl (C=O) groups is 1. The summed E-state index contributed by atoms with van der Waals surface area (Å²) in [7, 11) is 0. The second-order valence-corrected chi connectivity index (χ2v) is 8.69. The second kappa shape index (κ2) is 7.20. The summed E-state index contributed by atoms with van der Waals surface area (Å²) in [6.07, 6.45) is 4.88. The summed E-state index contributed by atoms with van der Waals surface area (Å²) >= 11 is 0. The van der Waals surface area contributed by atoms with Gasteiger partial charge in [-0.2, -0.15) is 0 Å². The Morgan fingerprint density at radius 1 is 1.23 bits per heavy atom. The van der Waals surface area contributed by atoms with E-state index in [9.17, 15) is 9.90 Å². The molecule has 3 aliphatic rings. The van der Waals surface area contributed by atoms with E-state index in [2.05, 4.69) is 6.07 Å². The lowest BCUT2D eigenvalue weighted by atomic mass is 9.62. The van der Waals surface area contributed by atoms with E-state index in [0.29, 0.717) is 19.0 Å². The lowest BCUT2D eigenvalue weighted by Gasteiger charge is -2.53. The fraction of sp³-hybridized carbons (Fsp3) is 0.667. The first-order valence-electron chi connectivity index (χ1n) is 9.45. The highest BCUT2D eigenvalue weighted by molar-refractivity contribution is 5.71. The first-order valence-corrected chi connectivity index (χ1v) is 9.45. The molecule has 0 atom stereocenters. The van der Waals surface area contributed by atoms with Crippen LogP contribution in [0.25, 0.3) is 0 Å². The van der Waals surface area contributed by atoms with Crippen molar-refractivity contribution in [2.24, 2.45) is 0 Å². The van der Waals surface area contributed by atoms with E-state index >= 15 is 0 Å². The number of phenolic OH excluding ortho intramolecular Hbond substituents is 1. The van der Waals surface area contributed by atoms with Crippen LogP contribution < -0.4 is 0 Å². The molecule has 2 bridgehead atoms. The summed E-state index contributed by atoms with van der Waals surface area (Å²) in [4.78, 5) is 11.7. The predicted octanol–water partition coefficient (Wildman–Crippen LogP) is 3.72. The molecule has 0 amide bonds. The van der Waals surface area contributed by atoms with Gasteiger partial charge in [0.05, 0.1) is 18.8 Å². The van der Waals surface area contributed by atoms with E-state index in [1.54, 1.807) is 6.07 Å². The van der Waals surface area contributed by atoms with Crippen molar-refractivity contribution in [3.8, 4) is 5.75 Å². The molecule has 3 fully saturated rings. The van der Waals surface area contributed by atoms with Gasteiger partial charge in [-0.1, -0.05) is 12.1 Å². The van der Waals surface area contributed by atoms with E-state index in [1.165, 1.54) is 5.56 Å². The monoisotopic (exact) mass is 362 g/mol. The molecule has 0 spiro atoms. The molecule has 1 N–H and O–H groups in total. The van der Waals surface area contributed by atoms with Crippen molar-refractivity contribution in [3.63, 3.8) is 0 Å². The molecule has 4 rings (SSSR count). The summed E-state index contributed by atoms with van der Waals surface area (Å²) < 4.78 is 17.0. The van der Waals surface area contributed by atoms with Crippen molar-refractivity contribution in [1.82, 2.24) is 0 Å². The number of carbonyl (C=O) groups excluding carboxylic acids is 1. The number of fused-ring (bicyclic) bond motifs is 3. The Bertz CT molecular complexity index is 622. The molecular formula is C21H30O5. The van der Waals surface area contributed by atoms with Crippen molar-refractivity contribution >= 4 is 5.97 Å². The van der Waals surface area contributed by atoms with Gasteiger partial charge < -0.3 is 19.3 Å². The normalized spacial score (nSPS) is 28.1. The fourth-order valence-corrected chi connectivity index (χ4v) is 4.08. The van der Waals surface area contributed by atoms with Gasteiger partial charge in [0.2, 0.25) is 0 Å². The highest BCUT2D eigenvalue weighted by atomic mass is 16.6. The predicted molar refractivity (Wildman–Crippen MR) is 98.2 cm³/mol. The Morgan fingerprint density at radius 2 is 1.96 bits per heavy atom. The second-order valence-electron chi connectivity index (χ2n) is 8.69. The quantitative estimate of drug-likeness (QED) is 0.617. The van der Waals surface area contributed by atoms with Crippen LogP contribution in [0, 0.1) is 0 Å². The third-order valence-electron chi connectivity index (χ3n) is 5.57. The Labute approximate surface area is 155 Å². The molecule has 5 nitrogen and oxygen atoms in total. The summed E-state index contributed by atoms with van der Waals surface area (Å²) in [6.45, 7) is 6.71. The minimum Gasteiger partial charge on any atom is -0.508 e. The minimum absolute atomic E-state index is 0.0133. The molecule has 26 heavy (non-hydrogen) atoms. The van der Waals surface area contributed by atoms with E-state index in [1.807, 2.05) is 32.9 Å². The third kappa shape index (κ3) is 4.38. The van der Waals surface area contributed by atoms with Crippen LogP contribution in [0.2, 0.25) is 0 Å². The van der Waals surface area contributed by atoms with Gasteiger partial charge in [0.25, 0.3) is 0 Å². The summed E-state index contributed by atoms with van der Waals surface area (Å²) in [5, 5.41) is 9.78. The van der Waals surface area contributed by atoms with Gasteiger partial charge in [-0.25, -0.2) is 4.79 Å². The zero-order chi connectivity index (χ0) is 18.8. The molecule has 5 heteroatoms. The molecule has 144 valence electrons. The highest BCUT2D eigenvalue weighted by Crippen LogP contribution is 2.51. The van der Waals surface area contributed by atoms with Gasteiger partial charge in [-0.3, -0.25) is 0 Å². The average molecular weight is 362 g/mol. The first kappa shape index (κ1) is 19.2. The fourth-order valence-electron chi connectivity index (χ4n) is 4.08. The van der Waals surface area contributed by atoms with Crippen LogP contribution in [-0.4, -0.2) is 42.1 Å². The third-order valence-corrected chi connectivity index (χ3v) is 5.57. The Hall–Kier alpha value is -1.59. The molecule has 1 aromatic carbocycles. The Morgan fingerprint density at radius 3 is 2.54 bits per heavy atom. The largest absolute Gasteiger partial charge is 0.508 e. The molecule has 2 heterocycles. The van der Waals surface area contributed by atoms with Gasteiger partial charge in [0, 0.05) is 5.41 Å². The van der Waals surface area contributed by atoms with Crippen molar-refractivity contribution < 1.29 is 24.1 Å². The molecule has 2 aliphatic heterocycles. The number of ether oxygens (including phenoxy) is 3. The van der Waals surface area contributed by atoms with Gasteiger partial charge in [0.1, 0.15) is 18.0 Å². The molecule has 0 aromatic heterocycles. The number of benzene rings is 1. The van der Waals surface area contributed by atoms with Crippen LogP contribution in [-0.2, 0) is 24.4 Å². The summed E-state index contributed by atoms with van der Waals surface area (Å²) in [5.74, 6) is -0.0130.